The number of rotatable bonds is 8. The lowest BCUT2D eigenvalue weighted by atomic mass is 10.1. The molecule has 1 heterocycles. The van der Waals surface area contributed by atoms with Crippen molar-refractivity contribution in [2.75, 3.05) is 11.9 Å². The van der Waals surface area contributed by atoms with Gasteiger partial charge in [-0.3, -0.25) is 4.57 Å². The van der Waals surface area contributed by atoms with E-state index in [1.165, 1.54) is 35.6 Å². The molecule has 0 radical (unpaired) electrons. The summed E-state index contributed by atoms with van der Waals surface area (Å²) >= 11 is 4.33. The third-order valence-corrected chi connectivity index (χ3v) is 6.77. The largest absolute Gasteiger partial charge is 0.478 e. The minimum absolute atomic E-state index is 0.0836. The number of thiazole rings is 1. The average Bonchev–Trinajstić information content (AvgIpc) is 3.16. The summed E-state index contributed by atoms with van der Waals surface area (Å²) in [5.74, 6) is -1.00. The minimum atomic E-state index is -5.64. The van der Waals surface area contributed by atoms with Gasteiger partial charge < -0.3 is 20.2 Å². The highest BCUT2D eigenvalue weighted by Crippen LogP contribution is 2.60. The van der Waals surface area contributed by atoms with Crippen molar-refractivity contribution in [1.82, 2.24) is 4.98 Å². The second-order valence-electron chi connectivity index (χ2n) is 6.50. The summed E-state index contributed by atoms with van der Waals surface area (Å²) < 4.78 is 38.8. The van der Waals surface area contributed by atoms with Gasteiger partial charge in [-0.05, 0) is 30.2 Å². The van der Waals surface area contributed by atoms with E-state index in [1.807, 2.05) is 5.38 Å². The summed E-state index contributed by atoms with van der Waals surface area (Å²) in [6.07, 6.45) is 0.461. The van der Waals surface area contributed by atoms with Crippen molar-refractivity contribution < 1.29 is 33.0 Å². The number of benzene rings is 2. The quantitative estimate of drug-likeness (QED) is 0.296. The van der Waals surface area contributed by atoms with Gasteiger partial charge in [0.1, 0.15) is 0 Å². The number of anilines is 1. The number of carboxylic acid groups (broad SMARTS) is 1. The first-order chi connectivity index (χ1) is 14.5. The molecule has 0 amide bonds. The fourth-order valence-electron chi connectivity index (χ4n) is 2.70. The van der Waals surface area contributed by atoms with Crippen molar-refractivity contribution >= 4 is 46.0 Å². The second-order valence-corrected chi connectivity index (χ2v) is 9.86. The number of aromatic carboxylic acids is 1. The molecular weight excluding hydrogens is 517 g/mol. The van der Waals surface area contributed by atoms with E-state index in [4.69, 9.17) is 14.9 Å². The van der Waals surface area contributed by atoms with Crippen LogP contribution in [0.15, 0.2) is 52.3 Å². The summed E-state index contributed by atoms with van der Waals surface area (Å²) in [6, 6.07) is 10.1. The first kappa shape index (κ1) is 23.5. The van der Waals surface area contributed by atoms with Crippen LogP contribution in [0.5, 0.6) is 0 Å². The Bertz CT molecular complexity index is 1150. The number of carboxylic acids is 1. The van der Waals surface area contributed by atoms with Gasteiger partial charge in [0.15, 0.2) is 5.13 Å². The fourth-order valence-corrected chi connectivity index (χ4v) is 4.79. The van der Waals surface area contributed by atoms with Crippen molar-refractivity contribution in [3.8, 4) is 11.3 Å². The molecule has 31 heavy (non-hydrogen) atoms. The molecule has 0 spiro atoms. The number of nitrogens with one attached hydrogen (secondary N) is 1. The molecule has 12 heteroatoms. The smallest absolute Gasteiger partial charge is 0.399 e. The van der Waals surface area contributed by atoms with E-state index in [0.717, 1.165) is 11.6 Å². The molecular formula is C19H16BrF2N2O5PS. The molecule has 0 unspecified atom stereocenters. The normalized spacial score (nSPS) is 12.0. The third kappa shape index (κ3) is 5.36. The first-order valence-corrected chi connectivity index (χ1v) is 12.0. The lowest BCUT2D eigenvalue weighted by molar-refractivity contribution is 0.0557. The van der Waals surface area contributed by atoms with Crippen LogP contribution in [0.3, 0.4) is 0 Å². The Morgan fingerprint density at radius 1 is 1.19 bits per heavy atom. The topological polar surface area (TPSA) is 120 Å². The zero-order valence-electron chi connectivity index (χ0n) is 15.6. The third-order valence-electron chi connectivity index (χ3n) is 4.35. The van der Waals surface area contributed by atoms with Gasteiger partial charge in [-0.25, -0.2) is 9.78 Å². The van der Waals surface area contributed by atoms with Crippen LogP contribution in [-0.2, 0) is 16.6 Å². The summed E-state index contributed by atoms with van der Waals surface area (Å²) in [6.45, 7) is 0.450. The van der Waals surface area contributed by atoms with Crippen LogP contribution >= 0.6 is 34.9 Å². The summed E-state index contributed by atoms with van der Waals surface area (Å²) in [5, 5.41) is 14.5. The highest BCUT2D eigenvalue weighted by Gasteiger charge is 2.51. The molecule has 1 aromatic heterocycles. The van der Waals surface area contributed by atoms with Crippen molar-refractivity contribution in [3.63, 3.8) is 0 Å². The number of carbonyl (C=O) groups is 1. The van der Waals surface area contributed by atoms with Gasteiger partial charge in [-0.15, -0.1) is 11.3 Å². The van der Waals surface area contributed by atoms with Crippen LogP contribution in [0.25, 0.3) is 11.3 Å². The van der Waals surface area contributed by atoms with E-state index >= 15 is 0 Å². The molecule has 0 saturated heterocycles. The molecule has 3 aromatic rings. The number of aromatic nitrogens is 1. The zero-order valence-corrected chi connectivity index (χ0v) is 18.9. The Morgan fingerprint density at radius 2 is 1.87 bits per heavy atom. The fraction of sp³-hybridized carbons (Fsp3) is 0.158. The lowest BCUT2D eigenvalue weighted by Crippen LogP contribution is -2.15. The van der Waals surface area contributed by atoms with Crippen molar-refractivity contribution in [1.29, 1.82) is 0 Å². The molecule has 0 bridgehead atoms. The Balaban J connectivity index is 1.62. The predicted molar refractivity (Wildman–Crippen MR) is 117 cm³/mol. The highest BCUT2D eigenvalue weighted by molar-refractivity contribution is 9.10. The molecule has 7 nitrogen and oxygen atoms in total. The van der Waals surface area contributed by atoms with Gasteiger partial charge in [0.2, 0.25) is 0 Å². The molecule has 3 rings (SSSR count). The predicted octanol–water partition coefficient (Wildman–Crippen LogP) is 5.15. The number of halogens is 3. The minimum Gasteiger partial charge on any atom is -0.478 e. The molecule has 164 valence electrons. The number of hydrogen-bond donors (Lipinski definition) is 4. The van der Waals surface area contributed by atoms with Crippen LogP contribution in [-0.4, -0.2) is 32.4 Å². The van der Waals surface area contributed by atoms with E-state index in [0.29, 0.717) is 29.4 Å². The molecule has 0 atom stereocenters. The first-order valence-electron chi connectivity index (χ1n) is 8.74. The summed E-state index contributed by atoms with van der Waals surface area (Å²) in [5.41, 5.74) is -2.70. The monoisotopic (exact) mass is 532 g/mol. The van der Waals surface area contributed by atoms with Crippen molar-refractivity contribution in [2.24, 2.45) is 0 Å². The number of nitrogens with zero attached hydrogens (tertiary/aromatic N) is 1. The van der Waals surface area contributed by atoms with Gasteiger partial charge in [-0.1, -0.05) is 40.2 Å². The van der Waals surface area contributed by atoms with Crippen LogP contribution in [0.4, 0.5) is 13.9 Å². The Labute approximate surface area is 188 Å². The molecule has 0 aliphatic rings. The van der Waals surface area contributed by atoms with E-state index in [-0.39, 0.29) is 10.0 Å². The summed E-state index contributed by atoms with van der Waals surface area (Å²) in [4.78, 5) is 33.1. The van der Waals surface area contributed by atoms with Gasteiger partial charge >= 0.3 is 19.2 Å². The average molecular weight is 533 g/mol. The van der Waals surface area contributed by atoms with Crippen LogP contribution in [0.1, 0.15) is 21.5 Å². The highest BCUT2D eigenvalue weighted by atomic mass is 79.9. The SMILES string of the molecule is O=C(O)c1ccc(-c2csc(NCCc3ccc(C(F)(F)P(=O)(O)O)c(Br)c3)n2)cc1. The maximum atomic E-state index is 13.9. The van der Waals surface area contributed by atoms with E-state index in [1.54, 1.807) is 12.1 Å². The Kier molecular flexibility index (Phi) is 6.92. The Hall–Kier alpha value is -2.17. The number of alkyl halides is 2. The van der Waals surface area contributed by atoms with Gasteiger partial charge in [0, 0.05) is 27.5 Å². The second kappa shape index (κ2) is 9.13. The van der Waals surface area contributed by atoms with Crippen molar-refractivity contribution in [2.45, 2.75) is 12.1 Å². The van der Waals surface area contributed by atoms with Crippen LogP contribution < -0.4 is 5.32 Å². The van der Waals surface area contributed by atoms with E-state index < -0.39 is 24.8 Å². The van der Waals surface area contributed by atoms with Crippen LogP contribution in [0.2, 0.25) is 0 Å². The Morgan fingerprint density at radius 3 is 2.45 bits per heavy atom. The van der Waals surface area contributed by atoms with Crippen molar-refractivity contribution in [3.05, 3.63) is 69.0 Å². The lowest BCUT2D eigenvalue weighted by Gasteiger charge is -2.19. The number of hydrogen-bond acceptors (Lipinski definition) is 5. The zero-order chi connectivity index (χ0) is 22.8. The molecule has 0 fully saturated rings. The van der Waals surface area contributed by atoms with E-state index in [9.17, 15) is 18.1 Å². The molecule has 0 aliphatic carbocycles. The van der Waals surface area contributed by atoms with Gasteiger partial charge in [0.05, 0.1) is 11.3 Å². The summed E-state index contributed by atoms with van der Waals surface area (Å²) in [7, 11) is -5.64. The molecule has 2 aromatic carbocycles. The molecule has 0 saturated carbocycles. The molecule has 4 N–H and O–H groups in total. The van der Waals surface area contributed by atoms with Gasteiger partial charge in [-0.2, -0.15) is 8.78 Å². The van der Waals surface area contributed by atoms with Gasteiger partial charge in [0.25, 0.3) is 0 Å². The maximum absolute atomic E-state index is 13.9. The molecule has 0 aliphatic heterocycles. The van der Waals surface area contributed by atoms with E-state index in [2.05, 4.69) is 26.2 Å². The van der Waals surface area contributed by atoms with Crippen LogP contribution in [0, 0.1) is 0 Å². The maximum Gasteiger partial charge on any atom is 0.399 e. The standard InChI is InChI=1S/C19H16BrF2N2O5PS/c20-15-9-11(1-6-14(15)19(21,22)30(27,28)29)7-8-23-18-24-16(10-31-18)12-2-4-13(5-3-12)17(25)26/h1-6,9-10H,7-8H2,(H,23,24)(H,25,26)(H2,27,28,29).